The third-order valence-corrected chi connectivity index (χ3v) is 21.4. The molecule has 7 heterocycles. The highest BCUT2D eigenvalue weighted by Gasteiger charge is 2.47. The van der Waals surface area contributed by atoms with Gasteiger partial charge in [0, 0.05) is 110 Å². The number of benzene rings is 6. The van der Waals surface area contributed by atoms with Crippen molar-refractivity contribution in [2.75, 3.05) is 93.3 Å². The summed E-state index contributed by atoms with van der Waals surface area (Å²) in [5.41, 5.74) is 5.47. The third kappa shape index (κ3) is 16.0. The first-order valence-corrected chi connectivity index (χ1v) is 37.3. The topological polar surface area (TPSA) is 219 Å². The molecule has 22 heteroatoms. The van der Waals surface area contributed by atoms with Gasteiger partial charge in [-0.15, -0.1) is 23.2 Å². The Labute approximate surface area is 601 Å². The lowest BCUT2D eigenvalue weighted by Crippen LogP contribution is -2.57. The maximum Gasteiger partial charge on any atom is 0.416 e. The van der Waals surface area contributed by atoms with Crippen molar-refractivity contribution in [3.05, 3.63) is 120 Å². The van der Waals surface area contributed by atoms with E-state index in [1.165, 1.54) is 18.1 Å². The number of anilines is 3. The molecule has 101 heavy (non-hydrogen) atoms. The Balaban J connectivity index is 0.000000197. The number of ether oxygens (including phenoxy) is 7. The molecule has 5 amide bonds. The number of halogens is 2. The number of phenolic OH excluding ortho intramolecular Hbond substituents is 2. The molecule has 7 aliphatic heterocycles. The first-order valence-electron chi connectivity index (χ1n) is 36.3. The standard InChI is InChI=1S/C44H54ClN3O9.C35H40ClN3O5/c1-3-21-56-44(52)48-34-26-38(37(53-2)24-32(34)42(51)46-20-12-10-17-33(46)43(48)57-40-19-11-14-23-55-40)54-22-13-6-4-5-7-18-39(50)47-28-29(27-45)41-31-16-9-8-15-30(31)36(49)25-35(41)47;1-43-31-17-27-28(37-21-24-11-8-9-15-38(24)35(27)42)18-32(31)44-16-10-4-2-3-5-14-33(41)39-22-23(20-36)34-26-13-7-6-12-25(26)30(40)19-29(34)39/h3,8-9,15-16,24-26,29,33,40,43,49H,1,4-7,10-14,17-23,27-28H2,2H3;6-7,12-13,17-19,21,23-24,40H,2-5,8-11,14-16,20,22H2,1H3/t29-,33+,40?,43?;23-,24+/m11/s1. The molecule has 7 aliphatic rings. The van der Waals surface area contributed by atoms with E-state index in [2.05, 4.69) is 11.6 Å². The molecule has 3 saturated heterocycles. The van der Waals surface area contributed by atoms with E-state index in [9.17, 15) is 34.2 Å². The number of carbonyl (C=O) groups is 5. The Morgan fingerprint density at radius 1 is 0.604 bits per heavy atom. The van der Waals surface area contributed by atoms with Gasteiger partial charge in [0.25, 0.3) is 11.8 Å². The second-order valence-corrected chi connectivity index (χ2v) is 27.8. The number of hydrogen-bond donors (Lipinski definition) is 2. The highest BCUT2D eigenvalue weighted by Crippen LogP contribution is 2.49. The number of unbranched alkanes of at least 4 members (excludes halogenated alkanes) is 8. The SMILES string of the molecule is C=CCOC(=O)N1c2cc(OCCCCCCCC(=O)N3C[C@@H](CCl)c4c3cc(O)c3ccccc43)c(OC)cc2C(=O)N2CCCC[C@H]2C1OC1CCCCO1.COc1cc2c(cc1OCCCCCCCC(=O)N1C[C@@H](CCl)c3c1cc(O)c1ccccc31)N=C[C@@H]1CCCCN1C2=O. The third-order valence-electron chi connectivity index (χ3n) is 20.7. The number of fused-ring (bicyclic) bond motifs is 10. The summed E-state index contributed by atoms with van der Waals surface area (Å²) in [6.07, 6.45) is 19.1. The fraction of sp³-hybridized carbons (Fsp3) is 0.494. The van der Waals surface area contributed by atoms with E-state index in [4.69, 9.17) is 56.4 Å². The van der Waals surface area contributed by atoms with Crippen LogP contribution in [0.25, 0.3) is 21.5 Å². The monoisotopic (exact) mass is 1420 g/mol. The Bertz CT molecular complexity index is 4010. The number of rotatable bonds is 26. The molecule has 0 radical (unpaired) electrons. The Kier molecular flexibility index (Phi) is 24.5. The van der Waals surface area contributed by atoms with Gasteiger partial charge in [-0.05, 0) is 118 Å². The van der Waals surface area contributed by atoms with Gasteiger partial charge in [-0.1, -0.05) is 99.7 Å². The van der Waals surface area contributed by atoms with Crippen molar-refractivity contribution in [3.8, 4) is 34.5 Å². The lowest BCUT2D eigenvalue weighted by atomic mass is 9.95. The average Bonchev–Trinajstić information content (AvgIpc) is 1.62. The van der Waals surface area contributed by atoms with Crippen molar-refractivity contribution in [1.29, 1.82) is 0 Å². The van der Waals surface area contributed by atoms with E-state index in [1.54, 1.807) is 47.2 Å². The number of aliphatic imine (C=N–C) groups is 1. The molecule has 3 fully saturated rings. The van der Waals surface area contributed by atoms with Gasteiger partial charge in [0.15, 0.2) is 35.5 Å². The molecule has 13 rings (SSSR count). The summed E-state index contributed by atoms with van der Waals surface area (Å²) in [5.74, 6) is 3.09. The van der Waals surface area contributed by atoms with E-state index in [0.717, 1.165) is 160 Å². The summed E-state index contributed by atoms with van der Waals surface area (Å²) in [7, 11) is 3.12. The van der Waals surface area contributed by atoms with Crippen LogP contribution < -0.4 is 33.6 Å². The summed E-state index contributed by atoms with van der Waals surface area (Å²) >= 11 is 12.7. The molecular formula is C79H94Cl2N6O14. The summed E-state index contributed by atoms with van der Waals surface area (Å²) < 4.78 is 41.8. The minimum absolute atomic E-state index is 0.00397. The lowest BCUT2D eigenvalue weighted by molar-refractivity contribution is -0.198. The molecule has 2 unspecified atom stereocenters. The lowest BCUT2D eigenvalue weighted by Gasteiger charge is -2.42. The molecule has 6 atom stereocenters. The second kappa shape index (κ2) is 34.1. The number of alkyl halides is 2. The number of phenols is 2. The van der Waals surface area contributed by atoms with Crippen LogP contribution >= 0.6 is 23.2 Å². The maximum atomic E-state index is 14.2. The number of nitrogens with zero attached hydrogens (tertiary/aromatic N) is 6. The quantitative estimate of drug-likeness (QED) is 0.0293. The number of amides is 5. The molecule has 0 bridgehead atoms. The van der Waals surface area contributed by atoms with Crippen LogP contribution in [0.3, 0.4) is 0 Å². The van der Waals surface area contributed by atoms with Crippen LogP contribution in [-0.2, 0) is 23.8 Å². The van der Waals surface area contributed by atoms with Gasteiger partial charge in [0.1, 0.15) is 18.1 Å². The van der Waals surface area contributed by atoms with Gasteiger partial charge in [0.05, 0.1) is 73.4 Å². The van der Waals surface area contributed by atoms with Crippen LogP contribution in [0.1, 0.15) is 179 Å². The van der Waals surface area contributed by atoms with Gasteiger partial charge in [0.2, 0.25) is 11.8 Å². The van der Waals surface area contributed by atoms with Crippen LogP contribution in [0.5, 0.6) is 34.5 Å². The molecule has 0 spiro atoms. The largest absolute Gasteiger partial charge is 0.507 e. The number of aromatic hydroxyl groups is 2. The van der Waals surface area contributed by atoms with E-state index in [1.807, 2.05) is 70.6 Å². The van der Waals surface area contributed by atoms with E-state index in [0.29, 0.717) is 122 Å². The first kappa shape index (κ1) is 72.5. The maximum absolute atomic E-state index is 14.2. The molecule has 6 aromatic rings. The predicted octanol–water partition coefficient (Wildman–Crippen LogP) is 16.0. The Morgan fingerprint density at radius 2 is 1.13 bits per heavy atom. The van der Waals surface area contributed by atoms with E-state index < -0.39 is 24.7 Å². The van der Waals surface area contributed by atoms with Crippen LogP contribution in [-0.4, -0.2) is 159 Å². The smallest absolute Gasteiger partial charge is 0.416 e. The van der Waals surface area contributed by atoms with Gasteiger partial charge >= 0.3 is 6.09 Å². The summed E-state index contributed by atoms with van der Waals surface area (Å²) in [6, 6.07) is 25.5. The second-order valence-electron chi connectivity index (χ2n) is 27.2. The molecule has 0 aromatic heterocycles. The van der Waals surface area contributed by atoms with Gasteiger partial charge in [-0.3, -0.25) is 24.2 Å². The molecule has 6 aromatic carbocycles. The fourth-order valence-electron chi connectivity index (χ4n) is 15.5. The number of hydrogen-bond acceptors (Lipinski definition) is 15. The minimum Gasteiger partial charge on any atom is -0.507 e. The zero-order chi connectivity index (χ0) is 70.5. The van der Waals surface area contributed by atoms with E-state index in [-0.39, 0.29) is 59.6 Å². The molecule has 538 valence electrons. The molecular weight excluding hydrogens is 1330 g/mol. The van der Waals surface area contributed by atoms with Crippen molar-refractivity contribution in [2.45, 2.75) is 171 Å². The minimum atomic E-state index is -0.835. The Hall–Kier alpha value is -8.30. The number of carbonyl (C=O) groups excluding carboxylic acids is 5. The van der Waals surface area contributed by atoms with Crippen molar-refractivity contribution < 1.29 is 67.3 Å². The number of piperidine rings is 2. The molecule has 2 N–H and O–H groups in total. The van der Waals surface area contributed by atoms with E-state index >= 15 is 0 Å². The first-order chi connectivity index (χ1) is 49.3. The average molecular weight is 1420 g/mol. The van der Waals surface area contributed by atoms with Gasteiger partial charge < -0.3 is 63.0 Å². The van der Waals surface area contributed by atoms with Gasteiger partial charge in [-0.25, -0.2) is 9.69 Å². The predicted molar refractivity (Wildman–Crippen MR) is 393 cm³/mol. The molecule has 20 nitrogen and oxygen atoms in total. The van der Waals surface area contributed by atoms with Crippen molar-refractivity contribution in [1.82, 2.24) is 9.80 Å². The normalized spacial score (nSPS) is 20.5. The van der Waals surface area contributed by atoms with Crippen molar-refractivity contribution in [2.24, 2.45) is 4.99 Å². The summed E-state index contributed by atoms with van der Waals surface area (Å²) in [5, 5.41) is 24.8. The van der Waals surface area contributed by atoms with Crippen LogP contribution in [0.15, 0.2) is 103 Å². The highest BCUT2D eigenvalue weighted by atomic mass is 35.5. The van der Waals surface area contributed by atoms with Crippen LogP contribution in [0.2, 0.25) is 0 Å². The van der Waals surface area contributed by atoms with Crippen molar-refractivity contribution in [3.63, 3.8) is 0 Å². The fourth-order valence-corrected chi connectivity index (χ4v) is 16.0. The Morgan fingerprint density at radius 3 is 1.69 bits per heavy atom. The molecule has 0 aliphatic carbocycles. The van der Waals surface area contributed by atoms with Crippen molar-refractivity contribution >= 4 is 103 Å². The summed E-state index contributed by atoms with van der Waals surface area (Å²) in [4.78, 5) is 81.4. The summed E-state index contributed by atoms with van der Waals surface area (Å²) in [6.45, 7) is 7.55. The van der Waals surface area contributed by atoms with Gasteiger partial charge in [-0.2, -0.15) is 0 Å². The zero-order valence-corrected chi connectivity index (χ0v) is 59.6. The zero-order valence-electron chi connectivity index (χ0n) is 58.1. The van der Waals surface area contributed by atoms with Crippen LogP contribution in [0, 0.1) is 0 Å². The highest BCUT2D eigenvalue weighted by molar-refractivity contribution is 6.19. The molecule has 0 saturated carbocycles. The number of methoxy groups -OCH3 is 2. The van der Waals surface area contributed by atoms with Crippen LogP contribution in [0.4, 0.5) is 27.5 Å².